The number of anilines is 1. The fourth-order valence-corrected chi connectivity index (χ4v) is 8.95. The summed E-state index contributed by atoms with van der Waals surface area (Å²) in [7, 11) is -5.77. The van der Waals surface area contributed by atoms with Crippen molar-refractivity contribution in [3.63, 3.8) is 0 Å². The highest BCUT2D eigenvalue weighted by Crippen LogP contribution is 2.78. The topological polar surface area (TPSA) is 96.4 Å². The lowest BCUT2D eigenvalue weighted by molar-refractivity contribution is 0.195. The maximum absolute atomic E-state index is 13.8. The summed E-state index contributed by atoms with van der Waals surface area (Å²) in [6, 6.07) is 12.7. The maximum atomic E-state index is 13.8. The van der Waals surface area contributed by atoms with Gasteiger partial charge in [0, 0.05) is 19.8 Å². The lowest BCUT2D eigenvalue weighted by atomic mass is 10.2. The standard InChI is InChI=1S/C24H38N2O7P2/c1-6-30-34(27,31-7-2)24(35(28,32-8-3)33-9-4)21-14-16-22(17-15-21)29-20-12-19-26(5)23-13-10-11-18-25-23/h10-11,13-18,24H,6-9,12,19-20H2,1-5H3. The summed E-state index contributed by atoms with van der Waals surface area (Å²) in [4.78, 5) is 6.40. The molecular formula is C24H38N2O7P2. The van der Waals surface area contributed by atoms with E-state index >= 15 is 0 Å². The van der Waals surface area contributed by atoms with Crippen molar-refractivity contribution in [2.24, 2.45) is 0 Å². The maximum Gasteiger partial charge on any atom is 0.350 e. The van der Waals surface area contributed by atoms with Gasteiger partial charge in [0.05, 0.1) is 33.0 Å². The number of rotatable bonds is 17. The molecule has 2 aromatic rings. The zero-order chi connectivity index (χ0) is 25.7. The van der Waals surface area contributed by atoms with E-state index in [1.807, 2.05) is 25.2 Å². The molecule has 0 saturated carbocycles. The quantitative estimate of drug-likeness (QED) is 0.168. The highest BCUT2D eigenvalue weighted by atomic mass is 31.2. The predicted octanol–water partition coefficient (Wildman–Crippen LogP) is 6.52. The van der Waals surface area contributed by atoms with Crippen LogP contribution in [0, 0.1) is 0 Å². The summed E-state index contributed by atoms with van der Waals surface area (Å²) in [6.45, 7) is 8.62. The molecule has 0 spiro atoms. The van der Waals surface area contributed by atoms with Crippen LogP contribution >= 0.6 is 15.2 Å². The van der Waals surface area contributed by atoms with Gasteiger partial charge in [-0.1, -0.05) is 18.2 Å². The van der Waals surface area contributed by atoms with Gasteiger partial charge in [-0.25, -0.2) is 4.98 Å². The highest BCUT2D eigenvalue weighted by Gasteiger charge is 2.51. The van der Waals surface area contributed by atoms with Crippen molar-refractivity contribution in [1.82, 2.24) is 4.98 Å². The minimum absolute atomic E-state index is 0.125. The monoisotopic (exact) mass is 528 g/mol. The van der Waals surface area contributed by atoms with Crippen LogP contribution in [0.2, 0.25) is 0 Å². The van der Waals surface area contributed by atoms with Gasteiger partial charge >= 0.3 is 15.2 Å². The Kier molecular flexibility index (Phi) is 12.4. The normalized spacial score (nSPS) is 12.2. The molecule has 9 nitrogen and oxygen atoms in total. The van der Waals surface area contributed by atoms with Crippen LogP contribution < -0.4 is 9.64 Å². The average Bonchev–Trinajstić information content (AvgIpc) is 2.84. The smallest absolute Gasteiger partial charge is 0.350 e. The van der Waals surface area contributed by atoms with Crippen LogP contribution in [0.3, 0.4) is 0 Å². The molecule has 0 amide bonds. The van der Waals surface area contributed by atoms with Gasteiger partial charge in [-0.3, -0.25) is 9.13 Å². The molecule has 0 saturated heterocycles. The number of hydrogen-bond acceptors (Lipinski definition) is 9. The van der Waals surface area contributed by atoms with E-state index < -0.39 is 20.6 Å². The second-order valence-corrected chi connectivity index (χ2v) is 12.1. The minimum atomic E-state index is -3.88. The van der Waals surface area contributed by atoms with Crippen molar-refractivity contribution in [3.05, 3.63) is 54.2 Å². The van der Waals surface area contributed by atoms with Crippen molar-refractivity contribution in [3.8, 4) is 5.75 Å². The second kappa shape index (κ2) is 14.7. The molecule has 0 N–H and O–H groups in total. The highest BCUT2D eigenvalue weighted by molar-refractivity contribution is 7.72. The third kappa shape index (κ3) is 8.42. The van der Waals surface area contributed by atoms with E-state index in [0.717, 1.165) is 18.8 Å². The Morgan fingerprint density at radius 1 is 0.829 bits per heavy atom. The number of pyridine rings is 1. The summed E-state index contributed by atoms with van der Waals surface area (Å²) >= 11 is 0. The Hall–Kier alpha value is -1.73. The molecule has 0 aliphatic carbocycles. The van der Waals surface area contributed by atoms with Crippen molar-refractivity contribution >= 4 is 21.0 Å². The molecule has 1 heterocycles. The number of ether oxygens (including phenoxy) is 1. The summed E-state index contributed by atoms with van der Waals surface area (Å²) in [6.07, 6.45) is 2.56. The van der Waals surface area contributed by atoms with Gasteiger partial charge in [0.1, 0.15) is 11.6 Å². The molecular weight excluding hydrogens is 490 g/mol. The van der Waals surface area contributed by atoms with Crippen LogP contribution in [0.4, 0.5) is 5.82 Å². The van der Waals surface area contributed by atoms with Gasteiger partial charge in [-0.2, -0.15) is 0 Å². The van der Waals surface area contributed by atoms with Crippen molar-refractivity contribution in [1.29, 1.82) is 0 Å². The Balaban J connectivity index is 2.16. The Morgan fingerprint density at radius 2 is 1.37 bits per heavy atom. The molecule has 1 aromatic carbocycles. The Labute approximate surface area is 209 Å². The summed E-state index contributed by atoms with van der Waals surface area (Å²) in [5.41, 5.74) is 0.475. The first-order chi connectivity index (χ1) is 16.8. The van der Waals surface area contributed by atoms with Crippen LogP contribution in [0.15, 0.2) is 48.7 Å². The lowest BCUT2D eigenvalue weighted by Gasteiger charge is -2.31. The van der Waals surface area contributed by atoms with Crippen molar-refractivity contribution < 1.29 is 32.0 Å². The van der Waals surface area contributed by atoms with Crippen LogP contribution in [0.5, 0.6) is 5.75 Å². The number of hydrogen-bond donors (Lipinski definition) is 0. The molecule has 1 aromatic heterocycles. The first kappa shape index (κ1) is 29.5. The molecule has 35 heavy (non-hydrogen) atoms. The predicted molar refractivity (Wildman–Crippen MR) is 139 cm³/mol. The van der Waals surface area contributed by atoms with Gasteiger partial charge in [0.25, 0.3) is 0 Å². The molecule has 0 radical (unpaired) electrons. The lowest BCUT2D eigenvalue weighted by Crippen LogP contribution is -2.21. The first-order valence-corrected chi connectivity index (χ1v) is 15.2. The summed E-state index contributed by atoms with van der Waals surface area (Å²) < 4.78 is 55.6. The minimum Gasteiger partial charge on any atom is -0.494 e. The molecule has 0 unspecified atom stereocenters. The van der Waals surface area contributed by atoms with Crippen molar-refractivity contribution in [2.45, 2.75) is 39.5 Å². The first-order valence-electron chi connectivity index (χ1n) is 12.0. The molecule has 0 fully saturated rings. The zero-order valence-electron chi connectivity index (χ0n) is 21.3. The molecule has 196 valence electrons. The molecule has 0 aliphatic heterocycles. The van der Waals surface area contributed by atoms with E-state index in [9.17, 15) is 9.13 Å². The number of benzene rings is 1. The summed E-state index contributed by atoms with van der Waals surface area (Å²) in [5.74, 6) is 1.54. The fourth-order valence-electron chi connectivity index (χ4n) is 3.54. The largest absolute Gasteiger partial charge is 0.494 e. The van der Waals surface area contributed by atoms with E-state index in [2.05, 4.69) is 9.88 Å². The van der Waals surface area contributed by atoms with Gasteiger partial charge < -0.3 is 27.7 Å². The third-order valence-corrected chi connectivity index (χ3v) is 10.9. The van der Waals surface area contributed by atoms with E-state index in [1.165, 1.54) is 0 Å². The third-order valence-electron chi connectivity index (χ3n) is 4.96. The van der Waals surface area contributed by atoms with E-state index in [4.69, 9.17) is 22.8 Å². The van der Waals surface area contributed by atoms with E-state index in [-0.39, 0.29) is 26.4 Å². The van der Waals surface area contributed by atoms with E-state index in [0.29, 0.717) is 17.9 Å². The van der Waals surface area contributed by atoms with Crippen LogP contribution in [-0.4, -0.2) is 51.6 Å². The second-order valence-electron chi connectivity index (χ2n) is 7.50. The zero-order valence-corrected chi connectivity index (χ0v) is 23.1. The van der Waals surface area contributed by atoms with Crippen LogP contribution in [-0.2, 0) is 27.2 Å². The van der Waals surface area contributed by atoms with Gasteiger partial charge in [-0.15, -0.1) is 0 Å². The Bertz CT molecular complexity index is 910. The average molecular weight is 529 g/mol. The summed E-state index contributed by atoms with van der Waals surface area (Å²) in [5, 5.41) is -1.21. The Morgan fingerprint density at radius 3 is 1.83 bits per heavy atom. The molecule has 11 heteroatoms. The van der Waals surface area contributed by atoms with Crippen LogP contribution in [0.25, 0.3) is 0 Å². The van der Waals surface area contributed by atoms with Crippen LogP contribution in [0.1, 0.15) is 45.1 Å². The van der Waals surface area contributed by atoms with Gasteiger partial charge in [0.2, 0.25) is 0 Å². The molecule has 0 aliphatic rings. The van der Waals surface area contributed by atoms with E-state index in [1.54, 1.807) is 58.2 Å². The SMILES string of the molecule is CCOP(=O)(OCC)C(c1ccc(OCCCN(C)c2ccccn2)cc1)P(=O)(OCC)OCC. The fraction of sp³-hybridized carbons (Fsp3) is 0.542. The molecule has 2 rings (SSSR count). The van der Waals surface area contributed by atoms with Crippen molar-refractivity contribution in [2.75, 3.05) is 51.5 Å². The van der Waals surface area contributed by atoms with Gasteiger partial charge in [0.15, 0.2) is 5.40 Å². The molecule has 0 atom stereocenters. The number of aromatic nitrogens is 1. The number of nitrogens with zero attached hydrogens (tertiary/aromatic N) is 2. The van der Waals surface area contributed by atoms with Gasteiger partial charge in [-0.05, 0) is 63.9 Å². The molecule has 0 bridgehead atoms.